The van der Waals surface area contributed by atoms with Gasteiger partial charge < -0.3 is 9.42 Å². The van der Waals surface area contributed by atoms with Crippen molar-refractivity contribution in [3.63, 3.8) is 0 Å². The zero-order valence-corrected chi connectivity index (χ0v) is 16.6. The second kappa shape index (κ2) is 7.58. The molecule has 0 aliphatic carbocycles. The number of rotatable bonds is 5. The van der Waals surface area contributed by atoms with E-state index in [0.29, 0.717) is 24.7 Å². The quantitative estimate of drug-likeness (QED) is 0.670. The van der Waals surface area contributed by atoms with Crippen LogP contribution >= 0.6 is 0 Å². The third kappa shape index (κ3) is 3.84. The summed E-state index contributed by atoms with van der Waals surface area (Å²) in [6.45, 7) is 7.60. The van der Waals surface area contributed by atoms with Crippen LogP contribution in [-0.2, 0) is 11.2 Å². The molecule has 1 aliphatic rings. The number of benzene rings is 2. The maximum Gasteiger partial charge on any atom is 0.257 e. The summed E-state index contributed by atoms with van der Waals surface area (Å²) in [5.41, 5.74) is 5.84. The van der Waals surface area contributed by atoms with Gasteiger partial charge in [-0.25, -0.2) is 0 Å². The summed E-state index contributed by atoms with van der Waals surface area (Å²) in [7, 11) is 0. The summed E-state index contributed by atoms with van der Waals surface area (Å²) in [5.74, 6) is 1.30. The first-order valence-corrected chi connectivity index (χ1v) is 9.74. The molecule has 5 nitrogen and oxygen atoms in total. The summed E-state index contributed by atoms with van der Waals surface area (Å²) in [6.07, 6.45) is 1.31. The predicted octanol–water partition coefficient (Wildman–Crippen LogP) is 4.22. The van der Waals surface area contributed by atoms with Crippen LogP contribution in [0.15, 0.2) is 47.0 Å². The number of amides is 1. The molecule has 28 heavy (non-hydrogen) atoms. The minimum atomic E-state index is -0.00550. The number of carbonyl (C=O) groups excluding carboxylic acids is 1. The lowest BCUT2D eigenvalue weighted by Gasteiger charge is -2.16. The van der Waals surface area contributed by atoms with Crippen molar-refractivity contribution in [1.82, 2.24) is 15.0 Å². The lowest BCUT2D eigenvalue weighted by atomic mass is 10.1. The molecule has 1 fully saturated rings. The minimum absolute atomic E-state index is 0.00550. The van der Waals surface area contributed by atoms with Crippen molar-refractivity contribution in [2.45, 2.75) is 39.5 Å². The molecule has 0 saturated carbocycles. The standard InChI is InChI=1S/C23H25N3O2/c1-15-5-4-6-18(11-15)9-10-26-14-20(13-21(26)27)22-24-23(28-25-22)19-8-7-16(2)17(3)12-19/h4-8,11-12,20H,9-10,13-14H2,1-3H3. The van der Waals surface area contributed by atoms with Gasteiger partial charge in [-0.15, -0.1) is 0 Å². The third-order valence-corrected chi connectivity index (χ3v) is 5.53. The molecule has 3 aromatic rings. The molecule has 2 aromatic carbocycles. The van der Waals surface area contributed by atoms with Gasteiger partial charge in [0.2, 0.25) is 5.91 Å². The molecule has 4 rings (SSSR count). The van der Waals surface area contributed by atoms with E-state index >= 15 is 0 Å². The number of hydrogen-bond acceptors (Lipinski definition) is 4. The topological polar surface area (TPSA) is 59.2 Å². The largest absolute Gasteiger partial charge is 0.342 e. The molecular formula is C23H25N3O2. The fourth-order valence-corrected chi connectivity index (χ4v) is 3.69. The van der Waals surface area contributed by atoms with E-state index in [9.17, 15) is 4.79 Å². The van der Waals surface area contributed by atoms with E-state index in [0.717, 1.165) is 18.5 Å². The molecule has 1 aliphatic heterocycles. The van der Waals surface area contributed by atoms with Crippen molar-refractivity contribution in [1.29, 1.82) is 0 Å². The zero-order chi connectivity index (χ0) is 19.7. The van der Waals surface area contributed by atoms with Crippen LogP contribution in [0.25, 0.3) is 11.5 Å². The lowest BCUT2D eigenvalue weighted by molar-refractivity contribution is -0.127. The van der Waals surface area contributed by atoms with Crippen LogP contribution in [0.3, 0.4) is 0 Å². The molecular weight excluding hydrogens is 350 g/mol. The Balaban J connectivity index is 1.42. The Morgan fingerprint density at radius 1 is 1.11 bits per heavy atom. The molecule has 0 bridgehead atoms. The Bertz CT molecular complexity index is 1010. The normalized spacial score (nSPS) is 16.8. The smallest absolute Gasteiger partial charge is 0.257 e. The Hall–Kier alpha value is -2.95. The number of carbonyl (C=O) groups is 1. The van der Waals surface area contributed by atoms with E-state index in [1.165, 1.54) is 22.3 Å². The van der Waals surface area contributed by atoms with Crippen LogP contribution in [-0.4, -0.2) is 34.0 Å². The summed E-state index contributed by atoms with van der Waals surface area (Å²) >= 11 is 0. The van der Waals surface area contributed by atoms with Crippen molar-refractivity contribution in [3.05, 3.63) is 70.5 Å². The van der Waals surface area contributed by atoms with Crippen molar-refractivity contribution in [2.75, 3.05) is 13.1 Å². The van der Waals surface area contributed by atoms with E-state index < -0.39 is 0 Å². The summed E-state index contributed by atoms with van der Waals surface area (Å²) < 4.78 is 5.48. The van der Waals surface area contributed by atoms with Gasteiger partial charge in [0.1, 0.15) is 0 Å². The number of hydrogen-bond donors (Lipinski definition) is 0. The van der Waals surface area contributed by atoms with Gasteiger partial charge in [-0.3, -0.25) is 4.79 Å². The molecule has 144 valence electrons. The van der Waals surface area contributed by atoms with Crippen LogP contribution in [0, 0.1) is 20.8 Å². The maximum absolute atomic E-state index is 12.4. The molecule has 0 spiro atoms. The Morgan fingerprint density at radius 3 is 2.75 bits per heavy atom. The fraction of sp³-hybridized carbons (Fsp3) is 0.348. The number of nitrogens with zero attached hydrogens (tertiary/aromatic N) is 3. The summed E-state index contributed by atoms with van der Waals surface area (Å²) in [4.78, 5) is 18.9. The van der Waals surface area contributed by atoms with E-state index in [-0.39, 0.29) is 11.8 Å². The number of likely N-dealkylation sites (tertiary alicyclic amines) is 1. The first kappa shape index (κ1) is 18.4. The second-order valence-electron chi connectivity index (χ2n) is 7.74. The van der Waals surface area contributed by atoms with Gasteiger partial charge in [0.05, 0.1) is 0 Å². The Morgan fingerprint density at radius 2 is 1.96 bits per heavy atom. The third-order valence-electron chi connectivity index (χ3n) is 5.53. The highest BCUT2D eigenvalue weighted by atomic mass is 16.5. The van der Waals surface area contributed by atoms with Gasteiger partial charge in [0.15, 0.2) is 5.82 Å². The van der Waals surface area contributed by atoms with Gasteiger partial charge in [-0.2, -0.15) is 4.98 Å². The van der Waals surface area contributed by atoms with Crippen LogP contribution in [0.1, 0.15) is 40.4 Å². The Kier molecular flexibility index (Phi) is 4.99. The predicted molar refractivity (Wildman–Crippen MR) is 108 cm³/mol. The van der Waals surface area contributed by atoms with Crippen LogP contribution < -0.4 is 0 Å². The first-order valence-electron chi connectivity index (χ1n) is 9.74. The molecule has 0 N–H and O–H groups in total. The van der Waals surface area contributed by atoms with E-state index in [2.05, 4.69) is 67.3 Å². The van der Waals surface area contributed by atoms with Crippen molar-refractivity contribution in [3.8, 4) is 11.5 Å². The monoisotopic (exact) mass is 375 g/mol. The molecule has 1 saturated heterocycles. The molecule has 0 radical (unpaired) electrons. The molecule has 1 atom stereocenters. The second-order valence-corrected chi connectivity index (χ2v) is 7.74. The van der Waals surface area contributed by atoms with Gasteiger partial charge in [-0.1, -0.05) is 41.1 Å². The van der Waals surface area contributed by atoms with E-state index in [4.69, 9.17) is 4.52 Å². The average Bonchev–Trinajstić information content (AvgIpc) is 3.29. The highest BCUT2D eigenvalue weighted by Gasteiger charge is 2.33. The van der Waals surface area contributed by atoms with Gasteiger partial charge in [-0.05, 0) is 56.0 Å². The highest BCUT2D eigenvalue weighted by molar-refractivity contribution is 5.79. The van der Waals surface area contributed by atoms with Gasteiger partial charge >= 0.3 is 0 Å². The first-order chi connectivity index (χ1) is 13.5. The van der Waals surface area contributed by atoms with Crippen molar-refractivity contribution < 1.29 is 9.32 Å². The number of aryl methyl sites for hydroxylation is 3. The number of aromatic nitrogens is 2. The average molecular weight is 375 g/mol. The maximum atomic E-state index is 12.4. The SMILES string of the molecule is Cc1cccc(CCN2CC(c3noc(-c4ccc(C)c(C)c4)n3)CC2=O)c1. The van der Waals surface area contributed by atoms with Gasteiger partial charge in [0, 0.05) is 31.0 Å². The fourth-order valence-electron chi connectivity index (χ4n) is 3.69. The van der Waals surface area contributed by atoms with Crippen LogP contribution in [0.4, 0.5) is 0 Å². The van der Waals surface area contributed by atoms with Crippen molar-refractivity contribution >= 4 is 5.91 Å². The molecule has 2 heterocycles. The van der Waals surface area contributed by atoms with Crippen LogP contribution in [0.5, 0.6) is 0 Å². The highest BCUT2D eigenvalue weighted by Crippen LogP contribution is 2.29. The van der Waals surface area contributed by atoms with E-state index in [1.807, 2.05) is 11.0 Å². The molecule has 1 amide bonds. The molecule has 1 unspecified atom stereocenters. The summed E-state index contributed by atoms with van der Waals surface area (Å²) in [6, 6.07) is 14.5. The summed E-state index contributed by atoms with van der Waals surface area (Å²) in [5, 5.41) is 4.16. The molecule has 5 heteroatoms. The zero-order valence-electron chi connectivity index (χ0n) is 16.6. The van der Waals surface area contributed by atoms with Crippen molar-refractivity contribution in [2.24, 2.45) is 0 Å². The minimum Gasteiger partial charge on any atom is -0.342 e. The van der Waals surface area contributed by atoms with E-state index in [1.54, 1.807) is 0 Å². The van der Waals surface area contributed by atoms with Crippen LogP contribution in [0.2, 0.25) is 0 Å². The lowest BCUT2D eigenvalue weighted by Crippen LogP contribution is -2.27. The molecule has 1 aromatic heterocycles. The Labute approximate surface area is 165 Å². The van der Waals surface area contributed by atoms with Gasteiger partial charge in [0.25, 0.3) is 5.89 Å².